The van der Waals surface area contributed by atoms with Crippen molar-refractivity contribution in [3.8, 4) is 5.75 Å². The largest absolute Gasteiger partial charge is 0.483 e. The highest BCUT2D eigenvalue weighted by atomic mass is 19.4. The molecule has 1 N–H and O–H groups in total. The van der Waals surface area contributed by atoms with Gasteiger partial charge in [0.15, 0.2) is 12.9 Å². The van der Waals surface area contributed by atoms with Crippen molar-refractivity contribution in [2.24, 2.45) is 0 Å². The van der Waals surface area contributed by atoms with Gasteiger partial charge in [0, 0.05) is 17.8 Å². The first-order chi connectivity index (χ1) is 12.2. The zero-order chi connectivity index (χ0) is 19.3. The van der Waals surface area contributed by atoms with Gasteiger partial charge in [-0.3, -0.25) is 19.7 Å². The number of benzene rings is 2. The molecule has 0 aliphatic heterocycles. The maximum Gasteiger partial charge on any atom is 0.416 e. The number of amides is 1. The van der Waals surface area contributed by atoms with Crippen molar-refractivity contribution in [2.75, 3.05) is 11.9 Å². The van der Waals surface area contributed by atoms with Crippen LogP contribution in [-0.2, 0) is 11.0 Å². The highest BCUT2D eigenvalue weighted by Crippen LogP contribution is 2.29. The Bertz CT molecular complexity index is 835. The molecule has 0 saturated carbocycles. The molecular weight excluding hydrogens is 357 g/mol. The van der Waals surface area contributed by atoms with Crippen LogP contribution in [0.3, 0.4) is 0 Å². The molecule has 0 aliphatic carbocycles. The van der Waals surface area contributed by atoms with Crippen LogP contribution < -0.4 is 10.1 Å². The summed E-state index contributed by atoms with van der Waals surface area (Å²) in [5.41, 5.74) is -1.14. The highest BCUT2D eigenvalue weighted by molar-refractivity contribution is 5.92. The molecular formula is C16H11F3N2O5. The number of nitro groups is 1. The Morgan fingerprint density at radius 1 is 1.19 bits per heavy atom. The van der Waals surface area contributed by atoms with E-state index in [-0.39, 0.29) is 22.7 Å². The van der Waals surface area contributed by atoms with E-state index in [0.717, 1.165) is 36.4 Å². The first-order valence-corrected chi connectivity index (χ1v) is 7.04. The smallest absolute Gasteiger partial charge is 0.416 e. The van der Waals surface area contributed by atoms with E-state index in [1.54, 1.807) is 0 Å². The lowest BCUT2D eigenvalue weighted by Gasteiger charge is -2.10. The minimum atomic E-state index is -4.48. The van der Waals surface area contributed by atoms with Crippen LogP contribution >= 0.6 is 0 Å². The molecule has 2 aromatic rings. The minimum Gasteiger partial charge on any atom is -0.483 e. The summed E-state index contributed by atoms with van der Waals surface area (Å²) >= 11 is 0. The average Bonchev–Trinajstić information content (AvgIpc) is 2.59. The van der Waals surface area contributed by atoms with E-state index in [2.05, 4.69) is 5.32 Å². The van der Waals surface area contributed by atoms with Gasteiger partial charge < -0.3 is 10.1 Å². The number of hydrogen-bond acceptors (Lipinski definition) is 5. The third kappa shape index (κ3) is 4.79. The van der Waals surface area contributed by atoms with Gasteiger partial charge in [-0.2, -0.15) is 13.2 Å². The summed E-state index contributed by atoms with van der Waals surface area (Å²) in [6, 6.07) is 7.08. The number of carbonyl (C=O) groups is 2. The van der Waals surface area contributed by atoms with Crippen LogP contribution in [-0.4, -0.2) is 23.7 Å². The average molecular weight is 368 g/mol. The van der Waals surface area contributed by atoms with E-state index in [4.69, 9.17) is 4.74 Å². The second-order valence-corrected chi connectivity index (χ2v) is 5.01. The molecule has 0 unspecified atom stereocenters. The lowest BCUT2D eigenvalue weighted by molar-refractivity contribution is -0.384. The summed E-state index contributed by atoms with van der Waals surface area (Å²) in [6.07, 6.45) is -4.14. The zero-order valence-corrected chi connectivity index (χ0v) is 12.9. The predicted octanol–water partition coefficient (Wildman–Crippen LogP) is 3.44. The first-order valence-electron chi connectivity index (χ1n) is 7.04. The van der Waals surface area contributed by atoms with Crippen molar-refractivity contribution in [2.45, 2.75) is 6.18 Å². The number of carbonyl (C=O) groups excluding carboxylic acids is 2. The van der Waals surface area contributed by atoms with Crippen LogP contribution in [0.5, 0.6) is 5.75 Å². The Morgan fingerprint density at radius 2 is 1.85 bits per heavy atom. The van der Waals surface area contributed by atoms with Gasteiger partial charge in [-0.15, -0.1) is 0 Å². The molecule has 10 heteroatoms. The van der Waals surface area contributed by atoms with Crippen LogP contribution in [0.4, 0.5) is 24.5 Å². The fourth-order valence-corrected chi connectivity index (χ4v) is 1.96. The number of nitro benzene ring substituents is 1. The maximum atomic E-state index is 12.5. The van der Waals surface area contributed by atoms with E-state index < -0.39 is 29.2 Å². The monoisotopic (exact) mass is 368 g/mol. The molecule has 0 aromatic heterocycles. The quantitative estimate of drug-likeness (QED) is 0.478. The van der Waals surface area contributed by atoms with Gasteiger partial charge in [0.2, 0.25) is 0 Å². The number of hydrogen-bond donors (Lipinski definition) is 1. The molecule has 1 amide bonds. The fraction of sp³-hybridized carbons (Fsp3) is 0.125. The number of halogens is 3. The van der Waals surface area contributed by atoms with Crippen LogP contribution in [0.15, 0.2) is 42.5 Å². The van der Waals surface area contributed by atoms with Crippen LogP contribution in [0.25, 0.3) is 0 Å². The highest BCUT2D eigenvalue weighted by Gasteiger charge is 2.30. The summed E-state index contributed by atoms with van der Waals surface area (Å²) < 4.78 is 42.5. The number of nitrogens with zero attached hydrogens (tertiary/aromatic N) is 1. The lowest BCUT2D eigenvalue weighted by atomic mass is 10.2. The molecule has 0 aliphatic rings. The van der Waals surface area contributed by atoms with Crippen molar-refractivity contribution < 1.29 is 32.4 Å². The summed E-state index contributed by atoms with van der Waals surface area (Å²) in [5, 5.41) is 13.0. The number of rotatable bonds is 6. The summed E-state index contributed by atoms with van der Waals surface area (Å²) in [5.74, 6) is -0.715. The summed E-state index contributed by atoms with van der Waals surface area (Å²) in [6.45, 7) is -0.542. The first kappa shape index (κ1) is 18.9. The van der Waals surface area contributed by atoms with Gasteiger partial charge in [0.05, 0.1) is 16.1 Å². The van der Waals surface area contributed by atoms with Crippen molar-refractivity contribution >= 4 is 23.6 Å². The topological polar surface area (TPSA) is 98.5 Å². The molecule has 0 bridgehead atoms. The third-order valence-corrected chi connectivity index (χ3v) is 3.19. The van der Waals surface area contributed by atoms with Gasteiger partial charge in [0.25, 0.3) is 11.6 Å². The second kappa shape index (κ2) is 7.64. The number of nitrogens with one attached hydrogen (secondary N) is 1. The van der Waals surface area contributed by atoms with E-state index >= 15 is 0 Å². The van der Waals surface area contributed by atoms with E-state index in [1.165, 1.54) is 6.07 Å². The number of alkyl halides is 3. The number of non-ortho nitro benzene ring substituents is 1. The van der Waals surface area contributed by atoms with Gasteiger partial charge in [-0.1, -0.05) is 0 Å². The minimum absolute atomic E-state index is 0.0341. The molecule has 0 fully saturated rings. The van der Waals surface area contributed by atoms with Gasteiger partial charge in [-0.25, -0.2) is 0 Å². The molecule has 7 nitrogen and oxygen atoms in total. The van der Waals surface area contributed by atoms with Crippen LogP contribution in [0.1, 0.15) is 15.9 Å². The number of anilines is 1. The Balaban J connectivity index is 1.99. The molecule has 0 saturated heterocycles. The van der Waals surface area contributed by atoms with E-state index in [1.807, 2.05) is 0 Å². The molecule has 136 valence electrons. The molecule has 0 radical (unpaired) electrons. The fourth-order valence-electron chi connectivity index (χ4n) is 1.96. The molecule has 0 spiro atoms. The van der Waals surface area contributed by atoms with Crippen molar-refractivity contribution in [3.63, 3.8) is 0 Å². The summed E-state index contributed by atoms with van der Waals surface area (Å²) in [7, 11) is 0. The van der Waals surface area contributed by atoms with Crippen LogP contribution in [0, 0.1) is 10.1 Å². The Labute approximate surface area is 144 Å². The van der Waals surface area contributed by atoms with Gasteiger partial charge in [-0.05, 0) is 30.3 Å². The molecule has 2 aromatic carbocycles. The van der Waals surface area contributed by atoms with Crippen molar-refractivity contribution in [3.05, 3.63) is 63.7 Å². The Kier molecular flexibility index (Phi) is 5.55. The number of ether oxygens (including phenoxy) is 1. The van der Waals surface area contributed by atoms with E-state index in [0.29, 0.717) is 6.29 Å². The maximum absolute atomic E-state index is 12.5. The number of aldehydes is 1. The Morgan fingerprint density at radius 3 is 2.38 bits per heavy atom. The molecule has 26 heavy (non-hydrogen) atoms. The molecule has 0 atom stereocenters. The van der Waals surface area contributed by atoms with Crippen molar-refractivity contribution in [1.82, 2.24) is 0 Å². The van der Waals surface area contributed by atoms with Crippen molar-refractivity contribution in [1.29, 1.82) is 0 Å². The summed E-state index contributed by atoms with van der Waals surface area (Å²) in [4.78, 5) is 32.7. The van der Waals surface area contributed by atoms with Crippen LogP contribution in [0.2, 0.25) is 0 Å². The Hall–Kier alpha value is -3.43. The van der Waals surface area contributed by atoms with E-state index in [9.17, 15) is 32.9 Å². The third-order valence-electron chi connectivity index (χ3n) is 3.19. The molecule has 2 rings (SSSR count). The zero-order valence-electron chi connectivity index (χ0n) is 12.9. The standard InChI is InChI=1S/C16H11F3N2O5/c17-16(18,19)11-1-3-12(4-2-11)20-15(23)9-26-14-6-5-13(21(24)25)7-10(14)8-22/h1-8H,9H2,(H,20,23). The van der Waals surface area contributed by atoms with Gasteiger partial charge >= 0.3 is 6.18 Å². The molecule has 0 heterocycles. The lowest BCUT2D eigenvalue weighted by Crippen LogP contribution is -2.20. The predicted molar refractivity (Wildman–Crippen MR) is 84.1 cm³/mol. The normalized spacial score (nSPS) is 10.9. The van der Waals surface area contributed by atoms with Gasteiger partial charge in [0.1, 0.15) is 5.75 Å². The SMILES string of the molecule is O=Cc1cc([N+](=O)[O-])ccc1OCC(=O)Nc1ccc(C(F)(F)F)cc1. The second-order valence-electron chi connectivity index (χ2n) is 5.01.